The first-order valence-corrected chi connectivity index (χ1v) is 10.8. The summed E-state index contributed by atoms with van der Waals surface area (Å²) in [5.74, 6) is -1.12. The number of carboxylic acid groups (broad SMARTS) is 1. The molecule has 0 saturated carbocycles. The molecule has 0 atom stereocenters. The summed E-state index contributed by atoms with van der Waals surface area (Å²) < 4.78 is 70.4. The minimum atomic E-state index is -4.40. The van der Waals surface area contributed by atoms with E-state index < -0.39 is 34.3 Å². The number of nitrogens with zero attached hydrogens (tertiary/aromatic N) is 2. The Morgan fingerprint density at radius 1 is 1.03 bits per heavy atom. The molecular formula is C20H21F3N2O5S. The first-order chi connectivity index (χ1) is 14.6. The smallest absolute Gasteiger partial charge is 0.416 e. The van der Waals surface area contributed by atoms with Crippen LogP contribution in [-0.2, 0) is 32.3 Å². The van der Waals surface area contributed by atoms with Crippen molar-refractivity contribution in [3.8, 4) is 0 Å². The highest BCUT2D eigenvalue weighted by Crippen LogP contribution is 2.31. The summed E-state index contributed by atoms with van der Waals surface area (Å²) in [6, 6.07) is 10.9. The number of ether oxygens (including phenoxy) is 1. The van der Waals surface area contributed by atoms with Crippen molar-refractivity contribution < 1.29 is 36.2 Å². The van der Waals surface area contributed by atoms with E-state index in [-0.39, 0.29) is 24.6 Å². The number of aliphatic carboxylic acids is 1. The number of benzene rings is 2. The molecule has 31 heavy (non-hydrogen) atoms. The maximum absolute atomic E-state index is 13.0. The second kappa shape index (κ2) is 9.25. The van der Waals surface area contributed by atoms with E-state index in [2.05, 4.69) is 0 Å². The lowest BCUT2D eigenvalue weighted by Gasteiger charge is -2.35. The molecule has 1 N–H and O–H groups in total. The third-order valence-electron chi connectivity index (χ3n) is 4.83. The zero-order valence-electron chi connectivity index (χ0n) is 16.4. The van der Waals surface area contributed by atoms with Crippen LogP contribution >= 0.6 is 0 Å². The van der Waals surface area contributed by atoms with Crippen molar-refractivity contribution in [2.24, 2.45) is 0 Å². The standard InChI is InChI=1S/C20H21F3N2O5S/c21-20(22,23)16-4-6-17(7-5-16)24-8-10-25(11-9-24)31(28,29)18-3-1-2-15(12-18)13-30-14-19(26)27/h1-7,12H,8-11,13-14H2,(H,26,27). The zero-order valence-corrected chi connectivity index (χ0v) is 17.2. The molecule has 0 bridgehead atoms. The van der Waals surface area contributed by atoms with Crippen LogP contribution in [0.15, 0.2) is 53.4 Å². The van der Waals surface area contributed by atoms with Crippen LogP contribution in [0.2, 0.25) is 0 Å². The van der Waals surface area contributed by atoms with Gasteiger partial charge in [-0.1, -0.05) is 12.1 Å². The largest absolute Gasteiger partial charge is 0.480 e. The van der Waals surface area contributed by atoms with Gasteiger partial charge in [0.15, 0.2) is 0 Å². The lowest BCUT2D eigenvalue weighted by molar-refractivity contribution is -0.142. The van der Waals surface area contributed by atoms with Crippen molar-refractivity contribution in [1.29, 1.82) is 0 Å². The van der Waals surface area contributed by atoms with Crippen molar-refractivity contribution >= 4 is 21.7 Å². The minimum absolute atomic E-state index is 0.0304. The predicted octanol–water partition coefficient (Wildman–Crippen LogP) is 2.82. The van der Waals surface area contributed by atoms with E-state index in [1.54, 1.807) is 12.1 Å². The maximum Gasteiger partial charge on any atom is 0.416 e. The van der Waals surface area contributed by atoms with E-state index in [1.165, 1.54) is 28.6 Å². The molecule has 0 aromatic heterocycles. The Bertz CT molecular complexity index is 1020. The third kappa shape index (κ3) is 5.75. The molecule has 1 saturated heterocycles. The Morgan fingerprint density at radius 2 is 1.68 bits per heavy atom. The molecule has 0 amide bonds. The van der Waals surface area contributed by atoms with Crippen LogP contribution in [0.5, 0.6) is 0 Å². The number of piperazine rings is 1. The summed E-state index contributed by atoms with van der Waals surface area (Å²) in [5.41, 5.74) is 0.401. The van der Waals surface area contributed by atoms with Gasteiger partial charge in [0.1, 0.15) is 6.61 Å². The molecule has 1 aliphatic rings. The molecule has 11 heteroatoms. The highest BCUT2D eigenvalue weighted by molar-refractivity contribution is 7.89. The monoisotopic (exact) mass is 458 g/mol. The molecule has 0 aliphatic carbocycles. The van der Waals surface area contributed by atoms with Crippen molar-refractivity contribution in [2.75, 3.05) is 37.7 Å². The fourth-order valence-electron chi connectivity index (χ4n) is 3.25. The molecule has 0 unspecified atom stereocenters. The molecule has 2 aromatic rings. The van der Waals surface area contributed by atoms with Crippen LogP contribution in [0.25, 0.3) is 0 Å². The fourth-order valence-corrected chi connectivity index (χ4v) is 4.74. The molecule has 168 valence electrons. The molecule has 0 radical (unpaired) electrons. The number of sulfonamides is 1. The summed E-state index contributed by atoms with van der Waals surface area (Å²) in [6.07, 6.45) is -4.40. The number of rotatable bonds is 7. The van der Waals surface area contributed by atoms with Gasteiger partial charge in [-0.15, -0.1) is 0 Å². The number of halogens is 3. The normalized spacial score (nSPS) is 15.8. The number of alkyl halides is 3. The van der Waals surface area contributed by atoms with Gasteiger partial charge in [-0.3, -0.25) is 0 Å². The van der Waals surface area contributed by atoms with Gasteiger partial charge < -0.3 is 14.7 Å². The molecular weight excluding hydrogens is 437 g/mol. The first kappa shape index (κ1) is 23.0. The molecule has 1 heterocycles. The Kier molecular flexibility index (Phi) is 6.87. The SMILES string of the molecule is O=C(O)COCc1cccc(S(=O)(=O)N2CCN(c3ccc(C(F)(F)F)cc3)CC2)c1. The Morgan fingerprint density at radius 3 is 2.26 bits per heavy atom. The van der Waals surface area contributed by atoms with Gasteiger partial charge in [0, 0.05) is 31.9 Å². The van der Waals surface area contributed by atoms with Crippen molar-refractivity contribution in [3.63, 3.8) is 0 Å². The van der Waals surface area contributed by atoms with Gasteiger partial charge in [0.2, 0.25) is 10.0 Å². The molecule has 7 nitrogen and oxygen atoms in total. The Hall–Kier alpha value is -2.63. The molecule has 1 fully saturated rings. The molecule has 0 spiro atoms. The Labute approximate surface area is 177 Å². The summed E-state index contributed by atoms with van der Waals surface area (Å²) in [4.78, 5) is 12.4. The number of carboxylic acids is 1. The van der Waals surface area contributed by atoms with Gasteiger partial charge >= 0.3 is 12.1 Å². The maximum atomic E-state index is 13.0. The topological polar surface area (TPSA) is 87.1 Å². The summed E-state index contributed by atoms with van der Waals surface area (Å²) >= 11 is 0. The average molecular weight is 458 g/mol. The zero-order chi connectivity index (χ0) is 22.6. The van der Waals surface area contributed by atoms with Crippen molar-refractivity contribution in [3.05, 3.63) is 59.7 Å². The Balaban J connectivity index is 1.64. The molecule has 2 aromatic carbocycles. The van der Waals surface area contributed by atoms with E-state index in [0.717, 1.165) is 12.1 Å². The summed E-state index contributed by atoms with van der Waals surface area (Å²) in [5, 5.41) is 8.62. The summed E-state index contributed by atoms with van der Waals surface area (Å²) in [7, 11) is -3.77. The third-order valence-corrected chi connectivity index (χ3v) is 6.72. The minimum Gasteiger partial charge on any atom is -0.480 e. The number of hydrogen-bond acceptors (Lipinski definition) is 5. The van der Waals surface area contributed by atoms with Gasteiger partial charge in [0.05, 0.1) is 17.1 Å². The van der Waals surface area contributed by atoms with Crippen LogP contribution in [0, 0.1) is 0 Å². The van der Waals surface area contributed by atoms with E-state index in [4.69, 9.17) is 9.84 Å². The number of carbonyl (C=O) groups is 1. The average Bonchev–Trinajstić information content (AvgIpc) is 2.73. The van der Waals surface area contributed by atoms with Crippen LogP contribution in [0.1, 0.15) is 11.1 Å². The molecule has 1 aliphatic heterocycles. The van der Waals surface area contributed by atoms with E-state index in [0.29, 0.717) is 24.3 Å². The predicted molar refractivity (Wildman–Crippen MR) is 106 cm³/mol. The van der Waals surface area contributed by atoms with Crippen LogP contribution in [0.3, 0.4) is 0 Å². The van der Waals surface area contributed by atoms with E-state index in [1.807, 2.05) is 4.90 Å². The van der Waals surface area contributed by atoms with Crippen LogP contribution in [0.4, 0.5) is 18.9 Å². The van der Waals surface area contributed by atoms with Gasteiger partial charge in [-0.2, -0.15) is 17.5 Å². The number of hydrogen-bond donors (Lipinski definition) is 1. The van der Waals surface area contributed by atoms with E-state index in [9.17, 15) is 26.4 Å². The van der Waals surface area contributed by atoms with Gasteiger partial charge in [0.25, 0.3) is 0 Å². The quantitative estimate of drug-likeness (QED) is 0.687. The van der Waals surface area contributed by atoms with Gasteiger partial charge in [-0.25, -0.2) is 13.2 Å². The second-order valence-electron chi connectivity index (χ2n) is 6.97. The molecule has 3 rings (SSSR count). The first-order valence-electron chi connectivity index (χ1n) is 9.38. The van der Waals surface area contributed by atoms with Crippen molar-refractivity contribution in [1.82, 2.24) is 4.31 Å². The highest BCUT2D eigenvalue weighted by Gasteiger charge is 2.31. The number of anilines is 1. The lowest BCUT2D eigenvalue weighted by Crippen LogP contribution is -2.48. The second-order valence-corrected chi connectivity index (χ2v) is 8.91. The highest BCUT2D eigenvalue weighted by atomic mass is 32.2. The van der Waals surface area contributed by atoms with E-state index >= 15 is 0 Å². The van der Waals surface area contributed by atoms with Gasteiger partial charge in [-0.05, 0) is 42.0 Å². The van der Waals surface area contributed by atoms with Crippen LogP contribution < -0.4 is 4.90 Å². The fraction of sp³-hybridized carbons (Fsp3) is 0.350. The summed E-state index contributed by atoms with van der Waals surface area (Å²) in [6.45, 7) is 0.532. The lowest BCUT2D eigenvalue weighted by atomic mass is 10.2. The van der Waals surface area contributed by atoms with Crippen molar-refractivity contribution in [2.45, 2.75) is 17.7 Å². The van der Waals surface area contributed by atoms with Crippen LogP contribution in [-0.4, -0.2) is 56.6 Å².